The van der Waals surface area contributed by atoms with Gasteiger partial charge in [0.15, 0.2) is 0 Å². The summed E-state index contributed by atoms with van der Waals surface area (Å²) in [6, 6.07) is 9.81. The quantitative estimate of drug-likeness (QED) is 0.686. The van der Waals surface area contributed by atoms with Crippen molar-refractivity contribution in [3.05, 3.63) is 36.0 Å². The van der Waals surface area contributed by atoms with Gasteiger partial charge in [-0.15, -0.1) is 0 Å². The van der Waals surface area contributed by atoms with E-state index < -0.39 is 0 Å². The zero-order valence-corrected chi connectivity index (χ0v) is 14.8. The minimum Gasteiger partial charge on any atom is -0.497 e. The van der Waals surface area contributed by atoms with Crippen LogP contribution >= 0.6 is 0 Å². The van der Waals surface area contributed by atoms with E-state index in [1.165, 1.54) is 0 Å². The number of nitrogens with one attached hydrogen (secondary N) is 2. The molecule has 1 aromatic carbocycles. The van der Waals surface area contributed by atoms with Crippen LogP contribution in [-0.4, -0.2) is 36.3 Å². The summed E-state index contributed by atoms with van der Waals surface area (Å²) in [6.07, 6.45) is 1.02. The second kappa shape index (κ2) is 8.96. The normalized spacial score (nSPS) is 11.7. The molecule has 0 saturated carbocycles. The highest BCUT2D eigenvalue weighted by Crippen LogP contribution is 2.17. The van der Waals surface area contributed by atoms with Crippen LogP contribution in [0.2, 0.25) is 0 Å². The average molecular weight is 330 g/mol. The molecule has 0 bridgehead atoms. The van der Waals surface area contributed by atoms with E-state index in [2.05, 4.69) is 34.4 Å². The lowest BCUT2D eigenvalue weighted by Gasteiger charge is -2.13. The molecule has 1 aromatic heterocycles. The SMILES string of the molecule is CCC(C)Nc1nc(C)cc(NCCOc2ccc(OC)cc2)n1. The number of hydrogen-bond acceptors (Lipinski definition) is 6. The Bertz CT molecular complexity index is 631. The van der Waals surface area contributed by atoms with Crippen molar-refractivity contribution in [3.8, 4) is 11.5 Å². The van der Waals surface area contributed by atoms with Crippen molar-refractivity contribution in [2.24, 2.45) is 0 Å². The van der Waals surface area contributed by atoms with E-state index in [-0.39, 0.29) is 0 Å². The Hall–Kier alpha value is -2.50. The van der Waals surface area contributed by atoms with Gasteiger partial charge in [0.25, 0.3) is 0 Å². The summed E-state index contributed by atoms with van der Waals surface area (Å²) in [5, 5.41) is 6.56. The van der Waals surface area contributed by atoms with Crippen LogP contribution in [0.3, 0.4) is 0 Å². The summed E-state index contributed by atoms with van der Waals surface area (Å²) in [4.78, 5) is 8.89. The number of hydrogen-bond donors (Lipinski definition) is 2. The summed E-state index contributed by atoms with van der Waals surface area (Å²) in [6.45, 7) is 7.40. The topological polar surface area (TPSA) is 68.3 Å². The Kier molecular flexibility index (Phi) is 6.66. The number of anilines is 2. The summed E-state index contributed by atoms with van der Waals surface area (Å²) in [5.74, 6) is 3.09. The standard InChI is InChI=1S/C18H26N4O2/c1-5-13(2)20-18-21-14(3)12-17(22-18)19-10-11-24-16-8-6-15(23-4)7-9-16/h6-9,12-13H,5,10-11H2,1-4H3,(H2,19,20,21,22). The molecule has 6 heteroatoms. The third kappa shape index (κ3) is 5.61. The number of nitrogens with zero attached hydrogens (tertiary/aromatic N) is 2. The highest BCUT2D eigenvalue weighted by molar-refractivity contribution is 5.42. The predicted octanol–water partition coefficient (Wildman–Crippen LogP) is 3.49. The lowest BCUT2D eigenvalue weighted by atomic mass is 10.3. The summed E-state index contributed by atoms with van der Waals surface area (Å²) in [5.41, 5.74) is 0.925. The van der Waals surface area contributed by atoms with Gasteiger partial charge in [0.1, 0.15) is 23.9 Å². The van der Waals surface area contributed by atoms with Crippen LogP contribution in [-0.2, 0) is 0 Å². The van der Waals surface area contributed by atoms with Crippen LogP contribution in [0.1, 0.15) is 26.0 Å². The summed E-state index contributed by atoms with van der Waals surface area (Å²) in [7, 11) is 1.65. The number of rotatable bonds is 9. The van der Waals surface area contributed by atoms with E-state index >= 15 is 0 Å². The first kappa shape index (κ1) is 17.8. The van der Waals surface area contributed by atoms with Crippen molar-refractivity contribution < 1.29 is 9.47 Å². The predicted molar refractivity (Wildman–Crippen MR) is 97.1 cm³/mol. The molecule has 1 unspecified atom stereocenters. The molecule has 2 rings (SSSR count). The van der Waals surface area contributed by atoms with Crippen molar-refractivity contribution in [2.75, 3.05) is 30.9 Å². The molecule has 0 spiro atoms. The van der Waals surface area contributed by atoms with Gasteiger partial charge in [0.2, 0.25) is 5.95 Å². The summed E-state index contributed by atoms with van der Waals surface area (Å²) < 4.78 is 10.8. The molecule has 0 radical (unpaired) electrons. The highest BCUT2D eigenvalue weighted by Gasteiger charge is 2.05. The van der Waals surface area contributed by atoms with Gasteiger partial charge < -0.3 is 20.1 Å². The van der Waals surface area contributed by atoms with Gasteiger partial charge in [0, 0.05) is 17.8 Å². The Balaban J connectivity index is 1.82. The Morgan fingerprint density at radius 2 is 1.83 bits per heavy atom. The van der Waals surface area contributed by atoms with Crippen LogP contribution in [0, 0.1) is 6.92 Å². The van der Waals surface area contributed by atoms with E-state index in [4.69, 9.17) is 9.47 Å². The minimum atomic E-state index is 0.345. The van der Waals surface area contributed by atoms with E-state index in [9.17, 15) is 0 Å². The van der Waals surface area contributed by atoms with Gasteiger partial charge in [-0.05, 0) is 44.5 Å². The lowest BCUT2D eigenvalue weighted by molar-refractivity contribution is 0.331. The van der Waals surface area contributed by atoms with Crippen LogP contribution in [0.25, 0.3) is 0 Å². The van der Waals surface area contributed by atoms with Crippen molar-refractivity contribution in [1.29, 1.82) is 0 Å². The molecule has 2 N–H and O–H groups in total. The molecule has 1 atom stereocenters. The second-order valence-corrected chi connectivity index (χ2v) is 5.62. The number of aryl methyl sites for hydroxylation is 1. The Labute approximate surface area is 143 Å². The first-order chi connectivity index (χ1) is 11.6. The third-order valence-electron chi connectivity index (χ3n) is 3.58. The van der Waals surface area contributed by atoms with E-state index in [1.54, 1.807) is 7.11 Å². The fourth-order valence-corrected chi connectivity index (χ4v) is 2.07. The molecule has 0 amide bonds. The summed E-state index contributed by atoms with van der Waals surface area (Å²) >= 11 is 0. The first-order valence-electron chi connectivity index (χ1n) is 8.23. The van der Waals surface area contributed by atoms with Crippen molar-refractivity contribution in [1.82, 2.24) is 9.97 Å². The molecule has 0 aliphatic rings. The van der Waals surface area contributed by atoms with Gasteiger partial charge >= 0.3 is 0 Å². The van der Waals surface area contributed by atoms with Gasteiger partial charge in [0.05, 0.1) is 13.7 Å². The zero-order valence-electron chi connectivity index (χ0n) is 14.8. The van der Waals surface area contributed by atoms with Gasteiger partial charge in [-0.2, -0.15) is 4.98 Å². The molecular formula is C18H26N4O2. The van der Waals surface area contributed by atoms with Crippen molar-refractivity contribution in [2.45, 2.75) is 33.2 Å². The Morgan fingerprint density at radius 3 is 2.50 bits per heavy atom. The molecule has 0 aliphatic heterocycles. The maximum Gasteiger partial charge on any atom is 0.225 e. The van der Waals surface area contributed by atoms with Gasteiger partial charge in [-0.25, -0.2) is 4.98 Å². The zero-order chi connectivity index (χ0) is 17.4. The van der Waals surface area contributed by atoms with Gasteiger partial charge in [-0.3, -0.25) is 0 Å². The van der Waals surface area contributed by atoms with Gasteiger partial charge in [-0.1, -0.05) is 6.92 Å². The largest absolute Gasteiger partial charge is 0.497 e. The van der Waals surface area contributed by atoms with Crippen molar-refractivity contribution in [3.63, 3.8) is 0 Å². The molecule has 0 aliphatic carbocycles. The van der Waals surface area contributed by atoms with Crippen LogP contribution in [0.15, 0.2) is 30.3 Å². The monoisotopic (exact) mass is 330 g/mol. The number of aromatic nitrogens is 2. The Morgan fingerprint density at radius 1 is 1.12 bits per heavy atom. The number of benzene rings is 1. The fourth-order valence-electron chi connectivity index (χ4n) is 2.07. The smallest absolute Gasteiger partial charge is 0.225 e. The minimum absolute atomic E-state index is 0.345. The van der Waals surface area contributed by atoms with Crippen LogP contribution in [0.5, 0.6) is 11.5 Å². The third-order valence-corrected chi connectivity index (χ3v) is 3.58. The maximum atomic E-state index is 5.69. The molecule has 1 heterocycles. The van der Waals surface area contributed by atoms with E-state index in [0.29, 0.717) is 25.1 Å². The molecule has 6 nitrogen and oxygen atoms in total. The fraction of sp³-hybridized carbons (Fsp3) is 0.444. The molecule has 24 heavy (non-hydrogen) atoms. The first-order valence-corrected chi connectivity index (χ1v) is 8.23. The lowest BCUT2D eigenvalue weighted by Crippen LogP contribution is -2.17. The molecule has 0 saturated heterocycles. The number of ether oxygens (including phenoxy) is 2. The number of methoxy groups -OCH3 is 1. The maximum absolute atomic E-state index is 5.69. The van der Waals surface area contributed by atoms with E-state index in [1.807, 2.05) is 37.3 Å². The molecule has 2 aromatic rings. The molecule has 130 valence electrons. The van der Waals surface area contributed by atoms with E-state index in [0.717, 1.165) is 29.4 Å². The highest BCUT2D eigenvalue weighted by atomic mass is 16.5. The van der Waals surface area contributed by atoms with Crippen molar-refractivity contribution >= 4 is 11.8 Å². The molecular weight excluding hydrogens is 304 g/mol. The second-order valence-electron chi connectivity index (χ2n) is 5.62. The average Bonchev–Trinajstić information content (AvgIpc) is 2.58. The van der Waals surface area contributed by atoms with Crippen LogP contribution < -0.4 is 20.1 Å². The molecule has 0 fully saturated rings. The van der Waals surface area contributed by atoms with Crippen LogP contribution in [0.4, 0.5) is 11.8 Å².